The van der Waals surface area contributed by atoms with Gasteiger partial charge in [-0.1, -0.05) is 37.9 Å². The summed E-state index contributed by atoms with van der Waals surface area (Å²) in [6.45, 7) is 2.24. The van der Waals surface area contributed by atoms with Crippen LogP contribution in [0.5, 0.6) is 0 Å². The van der Waals surface area contributed by atoms with Crippen LogP contribution in [0.4, 0.5) is 0 Å². The lowest BCUT2D eigenvalue weighted by Gasteiger charge is -1.99. The van der Waals surface area contributed by atoms with Gasteiger partial charge >= 0.3 is 0 Å². The Balaban J connectivity index is 1.50. The van der Waals surface area contributed by atoms with Crippen molar-refractivity contribution in [3.05, 3.63) is 67.1 Å². The molecule has 0 radical (unpaired) electrons. The number of rotatable bonds is 2. The molecule has 0 aliphatic heterocycles. The summed E-state index contributed by atoms with van der Waals surface area (Å²) in [7, 11) is -1.12. The molecule has 0 saturated heterocycles. The van der Waals surface area contributed by atoms with Crippen LogP contribution in [-0.4, -0.2) is 0 Å². The van der Waals surface area contributed by atoms with Crippen LogP contribution in [0.25, 0.3) is 59.6 Å². The summed E-state index contributed by atoms with van der Waals surface area (Å²) < 4.78 is 24.0. The highest BCUT2D eigenvalue weighted by Crippen LogP contribution is 2.57. The maximum absolute atomic E-state index is 6.30. The van der Waals surface area contributed by atoms with Crippen LogP contribution in [0.1, 0.15) is 0 Å². The highest BCUT2D eigenvalue weighted by Gasteiger charge is 2.23. The van der Waals surface area contributed by atoms with Crippen LogP contribution in [0.3, 0.4) is 0 Å². The molecule has 4 nitrogen and oxygen atoms in total. The van der Waals surface area contributed by atoms with Crippen molar-refractivity contribution in [2.45, 2.75) is 0 Å². The van der Waals surface area contributed by atoms with Crippen molar-refractivity contribution >= 4 is 57.9 Å². The van der Waals surface area contributed by atoms with Crippen molar-refractivity contribution in [2.24, 2.45) is 6.66 Å². The molecule has 0 saturated carbocycles. The molecule has 0 aliphatic carbocycles. The lowest BCUT2D eigenvalue weighted by atomic mass is 10.3. The lowest BCUT2D eigenvalue weighted by molar-refractivity contribution is 0.554. The second-order valence-electron chi connectivity index (χ2n) is 7.15. The third-order valence-electron chi connectivity index (χ3n) is 5.59. The number of fused-ring (bicyclic) bond motifs is 6. The normalized spacial score (nSPS) is 13.6. The highest BCUT2D eigenvalue weighted by molar-refractivity contribution is 7.67. The average molecular weight is 416 g/mol. The van der Waals surface area contributed by atoms with Crippen molar-refractivity contribution in [1.29, 1.82) is 0 Å². The summed E-state index contributed by atoms with van der Waals surface area (Å²) in [5.41, 5.74) is 3.36. The molecule has 0 spiro atoms. The van der Waals surface area contributed by atoms with E-state index >= 15 is 0 Å². The van der Waals surface area contributed by atoms with Crippen LogP contribution in [0.2, 0.25) is 0 Å². The Morgan fingerprint density at radius 3 is 2.00 bits per heavy atom. The minimum atomic E-state index is -0.682. The molecular formula is C23H14O4P2. The molecule has 0 N–H and O–H groups in total. The fourth-order valence-electron chi connectivity index (χ4n) is 4.25. The molecule has 6 aromatic heterocycles. The van der Waals surface area contributed by atoms with Gasteiger partial charge in [0.1, 0.15) is 0 Å². The molecule has 0 amide bonds. The van der Waals surface area contributed by atoms with Crippen molar-refractivity contribution in [2.75, 3.05) is 0 Å². The summed E-state index contributed by atoms with van der Waals surface area (Å²) in [6.07, 6.45) is 3.49. The van der Waals surface area contributed by atoms with Gasteiger partial charge in [-0.25, -0.2) is 0 Å². The molecule has 2 unspecified atom stereocenters. The zero-order valence-corrected chi connectivity index (χ0v) is 17.2. The SMILES string of the molecule is Cp1c2ccoc2c2oc(-c3cc4c(o3)c3occc3p4-c3ccccc3)cc21. The Labute approximate surface area is 166 Å². The number of furan rings is 4. The van der Waals surface area contributed by atoms with E-state index in [0.717, 1.165) is 33.9 Å². The number of hydrogen-bond donors (Lipinski definition) is 0. The zero-order chi connectivity index (χ0) is 19.1. The maximum Gasteiger partial charge on any atom is 0.182 e. The summed E-state index contributed by atoms with van der Waals surface area (Å²) in [4.78, 5) is 0. The van der Waals surface area contributed by atoms with Crippen LogP contribution < -0.4 is 0 Å². The standard InChI is InChI=1S/C23H14O4P2/c1-28-16-7-9-24-20(16)22-18(28)11-14(26-22)15-12-19-23(27-15)21-17(8-10-25-21)29(19)13-5-3-2-4-6-13/h2-12H,1H3. The number of aryl methyl sites for hydroxylation is 1. The van der Waals surface area contributed by atoms with E-state index in [4.69, 9.17) is 17.7 Å². The largest absolute Gasteiger partial charge is 0.460 e. The van der Waals surface area contributed by atoms with E-state index < -0.39 is 15.1 Å². The molecule has 0 bridgehead atoms. The van der Waals surface area contributed by atoms with E-state index in [0.29, 0.717) is 0 Å². The Kier molecular flexibility index (Phi) is 3.00. The lowest BCUT2D eigenvalue weighted by Crippen LogP contribution is -1.66. The van der Waals surface area contributed by atoms with E-state index in [1.54, 1.807) is 12.5 Å². The smallest absolute Gasteiger partial charge is 0.182 e. The van der Waals surface area contributed by atoms with Gasteiger partial charge in [0.05, 0.1) is 12.5 Å². The predicted molar refractivity (Wildman–Crippen MR) is 119 cm³/mol. The Hall–Kier alpha value is -3.06. The zero-order valence-electron chi connectivity index (χ0n) is 15.4. The van der Waals surface area contributed by atoms with E-state index in [9.17, 15) is 0 Å². The van der Waals surface area contributed by atoms with Gasteiger partial charge in [-0.2, -0.15) is 0 Å². The van der Waals surface area contributed by atoms with Crippen LogP contribution >= 0.6 is 15.1 Å². The van der Waals surface area contributed by atoms with Gasteiger partial charge in [0.2, 0.25) is 0 Å². The minimum Gasteiger partial charge on any atom is -0.460 e. The molecule has 7 aromatic rings. The maximum atomic E-state index is 6.30. The van der Waals surface area contributed by atoms with Crippen molar-refractivity contribution < 1.29 is 17.7 Å². The molecule has 1 aromatic carbocycles. The molecule has 0 aliphatic rings. The average Bonchev–Trinajstić information content (AvgIpc) is 3.53. The van der Waals surface area contributed by atoms with Gasteiger partial charge in [-0.15, -0.1) is 7.53 Å². The van der Waals surface area contributed by atoms with E-state index in [-0.39, 0.29) is 0 Å². The van der Waals surface area contributed by atoms with Crippen LogP contribution in [-0.2, 0) is 6.66 Å². The Morgan fingerprint density at radius 2 is 1.24 bits per heavy atom. The van der Waals surface area contributed by atoms with Gasteiger partial charge in [0.25, 0.3) is 0 Å². The van der Waals surface area contributed by atoms with E-state index in [1.165, 1.54) is 25.8 Å². The Bertz CT molecular complexity index is 1660. The third-order valence-corrected chi connectivity index (χ3v) is 10.2. The fraction of sp³-hybridized carbons (Fsp3) is 0.0435. The summed E-state index contributed by atoms with van der Waals surface area (Å²) >= 11 is 0. The number of hydrogen-bond acceptors (Lipinski definition) is 4. The second kappa shape index (κ2) is 5.51. The first kappa shape index (κ1) is 15.8. The van der Waals surface area contributed by atoms with E-state index in [2.05, 4.69) is 49.1 Å². The fourth-order valence-corrected chi connectivity index (χ4v) is 8.46. The predicted octanol–water partition coefficient (Wildman–Crippen LogP) is 8.84. The second-order valence-corrected chi connectivity index (χ2v) is 11.4. The molecule has 2 atom stereocenters. The summed E-state index contributed by atoms with van der Waals surface area (Å²) in [6, 6.07) is 18.9. The van der Waals surface area contributed by atoms with Crippen LogP contribution in [0.15, 0.2) is 84.8 Å². The van der Waals surface area contributed by atoms with E-state index in [1.807, 2.05) is 12.1 Å². The molecule has 140 valence electrons. The molecule has 6 heterocycles. The first-order valence-corrected chi connectivity index (χ1v) is 12.5. The van der Waals surface area contributed by atoms with Gasteiger partial charge < -0.3 is 17.7 Å². The molecular weight excluding hydrogens is 402 g/mol. The van der Waals surface area contributed by atoms with Crippen molar-refractivity contribution in [3.8, 4) is 16.8 Å². The summed E-state index contributed by atoms with van der Waals surface area (Å²) in [5, 5.41) is 6.14. The third kappa shape index (κ3) is 2.00. The highest BCUT2D eigenvalue weighted by atomic mass is 31.1. The molecule has 6 heteroatoms. The summed E-state index contributed by atoms with van der Waals surface area (Å²) in [5.74, 6) is 1.49. The van der Waals surface area contributed by atoms with Crippen molar-refractivity contribution in [3.63, 3.8) is 0 Å². The van der Waals surface area contributed by atoms with Crippen LogP contribution in [0, 0.1) is 0 Å². The first-order valence-electron chi connectivity index (χ1n) is 9.32. The molecule has 0 fully saturated rings. The van der Waals surface area contributed by atoms with Gasteiger partial charge in [-0.3, -0.25) is 0 Å². The van der Waals surface area contributed by atoms with Crippen molar-refractivity contribution in [1.82, 2.24) is 0 Å². The van der Waals surface area contributed by atoms with Gasteiger partial charge in [0.15, 0.2) is 33.9 Å². The number of benzene rings is 1. The Morgan fingerprint density at radius 1 is 0.621 bits per heavy atom. The minimum absolute atomic E-state index is 0.443. The first-order chi connectivity index (χ1) is 14.3. The monoisotopic (exact) mass is 416 g/mol. The van der Waals surface area contributed by atoms with Gasteiger partial charge in [-0.05, 0) is 30.2 Å². The van der Waals surface area contributed by atoms with Gasteiger partial charge in [0, 0.05) is 26.5 Å². The molecule has 29 heavy (non-hydrogen) atoms. The molecule has 7 rings (SSSR count). The topological polar surface area (TPSA) is 52.6 Å². The quantitative estimate of drug-likeness (QED) is 0.282.